The molecule has 2 N–H and O–H groups in total. The Morgan fingerprint density at radius 1 is 1.37 bits per heavy atom. The number of aromatic nitrogens is 2. The van der Waals surface area contributed by atoms with Crippen molar-refractivity contribution in [2.24, 2.45) is 5.73 Å². The molecule has 5 heteroatoms. The third kappa shape index (κ3) is 2.29. The molecule has 0 saturated carbocycles. The van der Waals surface area contributed by atoms with Gasteiger partial charge in [-0.2, -0.15) is 4.98 Å². The molecule has 3 rings (SSSR count). The van der Waals surface area contributed by atoms with Gasteiger partial charge in [0.1, 0.15) is 5.82 Å². The van der Waals surface area contributed by atoms with Crippen molar-refractivity contribution in [2.45, 2.75) is 25.3 Å². The molecule has 19 heavy (non-hydrogen) atoms. The van der Waals surface area contributed by atoms with Crippen LogP contribution in [-0.4, -0.2) is 16.2 Å². The molecule has 2 atom stereocenters. The number of nitrogens with zero attached hydrogens (tertiary/aromatic N) is 2. The summed E-state index contributed by atoms with van der Waals surface area (Å²) in [5.74, 6) is 0.857. The van der Waals surface area contributed by atoms with Crippen LogP contribution >= 0.6 is 0 Å². The molecule has 0 amide bonds. The number of hydrogen-bond acceptors (Lipinski definition) is 4. The molecule has 0 aliphatic heterocycles. The summed E-state index contributed by atoms with van der Waals surface area (Å²) in [6.45, 7) is 1.82. The van der Waals surface area contributed by atoms with Gasteiger partial charge in [0.05, 0.1) is 5.92 Å². The number of nitrogens with two attached hydrogens (primary N) is 1. The normalized spacial score (nSPS) is 22.1. The van der Waals surface area contributed by atoms with Crippen molar-refractivity contribution < 1.29 is 8.91 Å². The van der Waals surface area contributed by atoms with Gasteiger partial charge in [-0.1, -0.05) is 17.3 Å². The van der Waals surface area contributed by atoms with Crippen molar-refractivity contribution in [1.82, 2.24) is 10.1 Å². The van der Waals surface area contributed by atoms with Crippen LogP contribution < -0.4 is 5.73 Å². The molecule has 1 aromatic carbocycles. The Bertz CT molecular complexity index is 635. The average molecular weight is 259 g/mol. The smallest absolute Gasteiger partial charge is 0.233 e. The second kappa shape index (κ2) is 4.59. The number of hydrogen-bond donors (Lipinski definition) is 1. The van der Waals surface area contributed by atoms with Crippen molar-refractivity contribution in [1.29, 1.82) is 0 Å². The lowest BCUT2D eigenvalue weighted by Crippen LogP contribution is -2.14. The molecule has 98 valence electrons. The topological polar surface area (TPSA) is 64.9 Å². The first-order valence-electron chi connectivity index (χ1n) is 6.17. The van der Waals surface area contributed by atoms with Gasteiger partial charge in [0.2, 0.25) is 11.7 Å². The summed E-state index contributed by atoms with van der Waals surface area (Å²) in [5, 5.41) is 3.96. The minimum Gasteiger partial charge on any atom is -0.338 e. The van der Waals surface area contributed by atoms with Crippen molar-refractivity contribution >= 4 is 0 Å². The van der Waals surface area contributed by atoms with E-state index < -0.39 is 0 Å². The second-order valence-electron chi connectivity index (χ2n) is 4.81. The Morgan fingerprint density at radius 3 is 2.89 bits per heavy atom. The van der Waals surface area contributed by atoms with Gasteiger partial charge in [-0.05, 0) is 37.1 Å². The van der Waals surface area contributed by atoms with E-state index in [1.54, 1.807) is 6.07 Å². The average Bonchev–Trinajstić information content (AvgIpc) is 2.97. The van der Waals surface area contributed by atoms with Crippen LogP contribution in [0, 0.1) is 12.7 Å². The van der Waals surface area contributed by atoms with Gasteiger partial charge in [-0.15, -0.1) is 0 Å². The van der Waals surface area contributed by atoms with E-state index in [1.165, 1.54) is 12.1 Å². The van der Waals surface area contributed by atoms with E-state index in [4.69, 9.17) is 10.3 Å². The number of allylic oxidation sites excluding steroid dienone is 1. The predicted octanol–water partition coefficient (Wildman–Crippen LogP) is 2.55. The molecule has 2 unspecified atom stereocenters. The Kier molecular flexibility index (Phi) is 2.91. The van der Waals surface area contributed by atoms with Crippen molar-refractivity contribution in [2.75, 3.05) is 0 Å². The van der Waals surface area contributed by atoms with Gasteiger partial charge in [-0.3, -0.25) is 0 Å². The zero-order valence-corrected chi connectivity index (χ0v) is 10.5. The minimum absolute atomic E-state index is 0.0490. The van der Waals surface area contributed by atoms with E-state index in [-0.39, 0.29) is 17.8 Å². The van der Waals surface area contributed by atoms with Crippen LogP contribution in [0.2, 0.25) is 0 Å². The Labute approximate surface area is 110 Å². The quantitative estimate of drug-likeness (QED) is 0.842. The zero-order chi connectivity index (χ0) is 13.4. The van der Waals surface area contributed by atoms with Crippen LogP contribution in [0.4, 0.5) is 4.39 Å². The number of benzene rings is 1. The molecular formula is C14H14FN3O. The fourth-order valence-electron chi connectivity index (χ4n) is 2.28. The summed E-state index contributed by atoms with van der Waals surface area (Å²) in [6.07, 6.45) is 4.71. The monoisotopic (exact) mass is 259 g/mol. The van der Waals surface area contributed by atoms with Crippen LogP contribution in [0.15, 0.2) is 34.9 Å². The Morgan fingerprint density at radius 2 is 2.21 bits per heavy atom. The predicted molar refractivity (Wildman–Crippen MR) is 68.9 cm³/mol. The van der Waals surface area contributed by atoms with Crippen LogP contribution in [0.25, 0.3) is 11.4 Å². The van der Waals surface area contributed by atoms with Gasteiger partial charge in [0.25, 0.3) is 0 Å². The fourth-order valence-corrected chi connectivity index (χ4v) is 2.28. The van der Waals surface area contributed by atoms with E-state index in [0.29, 0.717) is 11.7 Å². The molecule has 1 aromatic heterocycles. The molecule has 0 bridgehead atoms. The summed E-state index contributed by atoms with van der Waals surface area (Å²) < 4.78 is 18.3. The lowest BCUT2D eigenvalue weighted by molar-refractivity contribution is 0.365. The maximum absolute atomic E-state index is 13.1. The van der Waals surface area contributed by atoms with Gasteiger partial charge in [0.15, 0.2) is 0 Å². The number of aryl methyl sites for hydroxylation is 1. The molecule has 0 saturated heterocycles. The van der Waals surface area contributed by atoms with Crippen molar-refractivity contribution in [3.05, 3.63) is 47.6 Å². The van der Waals surface area contributed by atoms with Gasteiger partial charge in [-0.25, -0.2) is 4.39 Å². The minimum atomic E-state index is -0.269. The molecule has 0 radical (unpaired) electrons. The van der Waals surface area contributed by atoms with E-state index in [1.807, 2.05) is 19.1 Å². The van der Waals surface area contributed by atoms with Gasteiger partial charge < -0.3 is 10.3 Å². The standard InChI is InChI=1S/C14H14FN3O/c1-8-6-10(15)3-5-12(8)13-17-14(19-18-13)9-2-4-11(16)7-9/h2-6,9,11H,7,16H2,1H3. The highest BCUT2D eigenvalue weighted by molar-refractivity contribution is 5.59. The van der Waals surface area contributed by atoms with Crippen LogP contribution in [0.5, 0.6) is 0 Å². The molecule has 1 aliphatic carbocycles. The SMILES string of the molecule is Cc1cc(F)ccc1-c1noc(C2C=CC(N)C2)n1. The van der Waals surface area contributed by atoms with Gasteiger partial charge >= 0.3 is 0 Å². The lowest BCUT2D eigenvalue weighted by Gasteiger charge is -2.02. The summed E-state index contributed by atoms with van der Waals surface area (Å²) in [7, 11) is 0. The Balaban J connectivity index is 1.91. The molecule has 1 heterocycles. The molecule has 0 fully saturated rings. The first-order chi connectivity index (χ1) is 9.13. The molecule has 0 spiro atoms. The third-order valence-electron chi connectivity index (χ3n) is 3.31. The van der Waals surface area contributed by atoms with Crippen LogP contribution in [0.1, 0.15) is 23.8 Å². The molecular weight excluding hydrogens is 245 g/mol. The first-order valence-corrected chi connectivity index (χ1v) is 6.17. The molecule has 2 aromatic rings. The fraction of sp³-hybridized carbons (Fsp3) is 0.286. The molecule has 1 aliphatic rings. The van der Waals surface area contributed by atoms with Crippen molar-refractivity contribution in [3.63, 3.8) is 0 Å². The summed E-state index contributed by atoms with van der Waals surface area (Å²) in [5.41, 5.74) is 7.37. The van der Waals surface area contributed by atoms with E-state index in [0.717, 1.165) is 17.5 Å². The maximum Gasteiger partial charge on any atom is 0.233 e. The van der Waals surface area contributed by atoms with Gasteiger partial charge in [0, 0.05) is 11.6 Å². The highest BCUT2D eigenvalue weighted by atomic mass is 19.1. The van der Waals surface area contributed by atoms with Crippen molar-refractivity contribution in [3.8, 4) is 11.4 Å². The first kappa shape index (κ1) is 12.0. The lowest BCUT2D eigenvalue weighted by atomic mass is 10.1. The zero-order valence-electron chi connectivity index (χ0n) is 10.5. The number of rotatable bonds is 2. The molecule has 4 nitrogen and oxygen atoms in total. The van der Waals surface area contributed by atoms with E-state index >= 15 is 0 Å². The maximum atomic E-state index is 13.1. The Hall–Kier alpha value is -2.01. The third-order valence-corrected chi connectivity index (χ3v) is 3.31. The highest BCUT2D eigenvalue weighted by Gasteiger charge is 2.23. The number of halogens is 1. The largest absolute Gasteiger partial charge is 0.338 e. The van der Waals surface area contributed by atoms with Crippen LogP contribution in [-0.2, 0) is 0 Å². The van der Waals surface area contributed by atoms with E-state index in [9.17, 15) is 4.39 Å². The highest BCUT2D eigenvalue weighted by Crippen LogP contribution is 2.29. The second-order valence-corrected chi connectivity index (χ2v) is 4.81. The summed E-state index contributed by atoms with van der Waals surface area (Å²) in [6, 6.07) is 4.56. The summed E-state index contributed by atoms with van der Waals surface area (Å²) in [4.78, 5) is 4.38. The van der Waals surface area contributed by atoms with Crippen LogP contribution in [0.3, 0.4) is 0 Å². The summed E-state index contributed by atoms with van der Waals surface area (Å²) >= 11 is 0. The van der Waals surface area contributed by atoms with E-state index in [2.05, 4.69) is 10.1 Å².